The van der Waals surface area contributed by atoms with Crippen LogP contribution < -0.4 is 126 Å². The van der Waals surface area contributed by atoms with E-state index in [1.54, 1.807) is 58.0 Å². The summed E-state index contributed by atoms with van der Waals surface area (Å²) in [6, 6.07) is -15.5. The number of aliphatic hydroxyl groups excluding tert-OH is 1. The Hall–Kier alpha value is -12.0. The predicted molar refractivity (Wildman–Crippen MR) is 472 cm³/mol. The number of unbranched alkanes of at least 4 members (excludes halogenated alkanes) is 4. The van der Waals surface area contributed by atoms with Crippen LogP contribution >= 0.6 is 0 Å². The van der Waals surface area contributed by atoms with Gasteiger partial charge in [-0.15, -0.1) is 0 Å². The van der Waals surface area contributed by atoms with E-state index >= 15 is 0 Å². The van der Waals surface area contributed by atoms with Gasteiger partial charge in [0.1, 0.15) is 84.6 Å². The smallest absolute Gasteiger partial charge is 0.326 e. The van der Waals surface area contributed by atoms with Crippen molar-refractivity contribution in [3.63, 3.8) is 0 Å². The molecule has 14 amide bonds. The molecule has 0 bridgehead atoms. The summed E-state index contributed by atoms with van der Waals surface area (Å²) in [7, 11) is 0. The fourth-order valence-corrected chi connectivity index (χ4v) is 12.8. The van der Waals surface area contributed by atoms with Gasteiger partial charge in [0, 0.05) is 38.8 Å². The third kappa shape index (κ3) is 47.0. The van der Waals surface area contributed by atoms with Crippen molar-refractivity contribution < 1.29 is 112 Å². The summed E-state index contributed by atoms with van der Waals surface area (Å²) in [5.74, 6) is -22.0. The van der Waals surface area contributed by atoms with Crippen molar-refractivity contribution in [3.05, 3.63) is 35.9 Å². The maximum atomic E-state index is 14.6. The highest BCUT2D eigenvalue weighted by molar-refractivity contribution is 6.01. The molecule has 0 unspecified atom stereocenters. The van der Waals surface area contributed by atoms with Gasteiger partial charge in [-0.25, -0.2) is 4.79 Å². The van der Waals surface area contributed by atoms with Gasteiger partial charge in [0.05, 0.1) is 12.1 Å². The van der Waals surface area contributed by atoms with E-state index in [4.69, 9.17) is 51.6 Å². The minimum Gasteiger partial charge on any atom is -0.481 e. The lowest BCUT2D eigenvalue weighted by molar-refractivity contribution is -0.144. The first kappa shape index (κ1) is 115. The Bertz CT molecular complexity index is 3860. The molecule has 48 nitrogen and oxygen atoms in total. The third-order valence-electron chi connectivity index (χ3n) is 20.5. The summed E-state index contributed by atoms with van der Waals surface area (Å²) in [6.07, 6.45) is -3.74. The van der Waals surface area contributed by atoms with Gasteiger partial charge in [0.25, 0.3) is 0 Å². The standard InChI is InChI=1S/C81H141N25O23/c1-8-44(4)63(79(128)129)105-66(115)46(6)93-68(117)53(28-20-40-91-80(87)88)98-71(120)54(29-21-41-92-81(89)90)102-77(126)62(43(2)3)104-74(123)52(27-15-19-39-85)97-69(118)50(25-13-17-37-83)95-65(114)45(5)94-78(127)64(47(7)107)106-75(124)57(32-35-61(112)113)100-72(121)55(30-33-59(108)109)101-76(125)58(42-48-22-10-9-11-23-48)103-73(122)56(31-34-60(110)111)99-70(119)51(26-14-18-38-84)96-67(116)49(86)24-12-16-36-82/h9-11,22-23,43-47,49-58,62-64,107H,8,12-21,24-42,82-86H2,1-7H3,(H,93,117)(H,94,127)(H,95,114)(H,96,116)(H,97,118)(H,98,120)(H,99,119)(H,100,121)(H,101,125)(H,102,126)(H,103,122)(H,104,123)(H,105,115)(H,106,124)(H,108,109)(H,110,111)(H,112,113)(H,128,129)(H4,87,88,91)(H4,89,90,92)/t44-,45-,46-,47+,49-,50-,51-,52-,53-,54-,55-,56-,57-,58-,62-,63-,64-/m0/s1. The molecule has 17 atom stereocenters. The molecule has 0 aromatic heterocycles. The van der Waals surface area contributed by atoms with E-state index in [2.05, 4.69) is 84.4 Å². The van der Waals surface area contributed by atoms with Gasteiger partial charge in [-0.2, -0.15) is 0 Å². The Morgan fingerprint density at radius 1 is 0.326 bits per heavy atom. The highest BCUT2D eigenvalue weighted by Gasteiger charge is 2.40. The number of carbonyl (C=O) groups excluding carboxylic acids is 14. The zero-order valence-corrected chi connectivity index (χ0v) is 74.7. The minimum atomic E-state index is -2.03. The van der Waals surface area contributed by atoms with Crippen molar-refractivity contribution in [1.29, 1.82) is 0 Å². The van der Waals surface area contributed by atoms with Gasteiger partial charge in [-0.3, -0.25) is 91.5 Å². The molecule has 1 aromatic rings. The van der Waals surface area contributed by atoms with E-state index in [0.29, 0.717) is 57.1 Å². The van der Waals surface area contributed by atoms with E-state index in [0.717, 1.165) is 13.8 Å². The van der Waals surface area contributed by atoms with Crippen LogP contribution in [0.3, 0.4) is 0 Å². The molecule has 48 heteroatoms. The number of rotatable bonds is 68. The molecule has 1 rings (SSSR count). The third-order valence-corrected chi connectivity index (χ3v) is 20.5. The first-order chi connectivity index (χ1) is 60.9. The van der Waals surface area contributed by atoms with Gasteiger partial charge in [-0.1, -0.05) is 70.9 Å². The van der Waals surface area contributed by atoms with E-state index in [1.165, 1.54) is 6.92 Å². The number of carboxylic acid groups (broad SMARTS) is 4. The Kier molecular flexibility index (Phi) is 56.2. The molecule has 0 radical (unpaired) electrons. The predicted octanol–water partition coefficient (Wildman–Crippen LogP) is -7.23. The average Bonchev–Trinajstić information content (AvgIpc) is 0.847. The lowest BCUT2D eigenvalue weighted by Gasteiger charge is -2.29. The molecule has 0 aliphatic heterocycles. The van der Waals surface area contributed by atoms with Crippen molar-refractivity contribution >= 4 is 118 Å². The van der Waals surface area contributed by atoms with E-state index < -0.39 is 254 Å². The highest BCUT2D eigenvalue weighted by atomic mass is 16.4. The number of hydrogen-bond acceptors (Lipinski definition) is 26. The van der Waals surface area contributed by atoms with Crippen molar-refractivity contribution in [3.8, 4) is 0 Å². The summed E-state index contributed by atoms with van der Waals surface area (Å²) in [6.45, 7) is 10.7. The van der Waals surface area contributed by atoms with Crippen LogP contribution in [-0.2, 0) is 92.7 Å². The van der Waals surface area contributed by atoms with Crippen molar-refractivity contribution in [2.24, 2.45) is 73.4 Å². The summed E-state index contributed by atoms with van der Waals surface area (Å²) in [5.41, 5.74) is 51.6. The lowest BCUT2D eigenvalue weighted by atomic mass is 9.99. The second-order valence-corrected chi connectivity index (χ2v) is 31.8. The maximum absolute atomic E-state index is 14.6. The number of guanidine groups is 2. The van der Waals surface area contributed by atoms with E-state index in [9.17, 15) is 112 Å². The zero-order valence-electron chi connectivity index (χ0n) is 74.7. The van der Waals surface area contributed by atoms with Crippen LogP contribution in [0.5, 0.6) is 0 Å². The molecular formula is C81H141N25O23. The lowest BCUT2D eigenvalue weighted by Crippen LogP contribution is -2.62. The molecule has 0 saturated heterocycles. The van der Waals surface area contributed by atoms with Crippen LogP contribution in [0.25, 0.3) is 0 Å². The molecular weight excluding hydrogens is 1690 g/mol. The van der Waals surface area contributed by atoms with E-state index in [-0.39, 0.29) is 115 Å². The van der Waals surface area contributed by atoms with Crippen LogP contribution in [0.15, 0.2) is 40.3 Å². The monoisotopic (exact) mass is 1830 g/mol. The number of carboxylic acids is 4. The Balaban J connectivity index is 3.75. The number of carbonyl (C=O) groups is 18. The number of aliphatic hydroxyl groups is 1. The number of nitrogens with zero attached hydrogens (tertiary/aromatic N) is 2. The Labute approximate surface area is 749 Å². The summed E-state index contributed by atoms with van der Waals surface area (Å²) in [4.78, 5) is 255. The molecule has 0 aliphatic rings. The summed E-state index contributed by atoms with van der Waals surface area (Å²) < 4.78 is 0. The van der Waals surface area contributed by atoms with Crippen LogP contribution in [-0.4, -0.2) is 280 Å². The fraction of sp³-hybridized carbons (Fsp3) is 0.679. The van der Waals surface area contributed by atoms with Gasteiger partial charge in [0.15, 0.2) is 11.9 Å². The maximum Gasteiger partial charge on any atom is 0.326 e. The average molecular weight is 1830 g/mol. The summed E-state index contributed by atoms with van der Waals surface area (Å²) in [5, 5.41) is 84.9. The van der Waals surface area contributed by atoms with Crippen molar-refractivity contribution in [2.45, 2.75) is 299 Å². The number of amides is 14. The van der Waals surface area contributed by atoms with Gasteiger partial charge < -0.3 is 152 Å². The largest absolute Gasteiger partial charge is 0.481 e. The van der Waals surface area contributed by atoms with Crippen LogP contribution in [0.1, 0.15) is 202 Å². The molecule has 0 heterocycles. The second-order valence-electron chi connectivity index (χ2n) is 31.8. The Morgan fingerprint density at radius 2 is 0.605 bits per heavy atom. The van der Waals surface area contributed by atoms with Gasteiger partial charge >= 0.3 is 23.9 Å². The van der Waals surface area contributed by atoms with Crippen LogP contribution in [0.2, 0.25) is 0 Å². The molecule has 0 spiro atoms. The first-order valence-electron chi connectivity index (χ1n) is 43.4. The normalized spacial score (nSPS) is 15.1. The number of aliphatic carboxylic acids is 4. The number of benzene rings is 1. The Morgan fingerprint density at radius 3 is 0.946 bits per heavy atom. The second kappa shape index (κ2) is 63.0. The van der Waals surface area contributed by atoms with Crippen LogP contribution in [0.4, 0.5) is 0 Å². The molecule has 37 N–H and O–H groups in total. The van der Waals surface area contributed by atoms with Gasteiger partial charge in [0.2, 0.25) is 82.7 Å². The zero-order chi connectivity index (χ0) is 97.6. The van der Waals surface area contributed by atoms with Crippen molar-refractivity contribution in [1.82, 2.24) is 74.4 Å². The van der Waals surface area contributed by atoms with Gasteiger partial charge in [-0.05, 0) is 180 Å². The molecule has 0 fully saturated rings. The number of hydrogen-bond donors (Lipinski definition) is 28. The molecule has 0 aliphatic carbocycles. The van der Waals surface area contributed by atoms with Crippen molar-refractivity contribution in [2.75, 3.05) is 39.3 Å². The molecule has 1 aromatic carbocycles. The SMILES string of the molecule is CC[C@H](C)[C@H](NC(=O)[C@H](C)NC(=O)[C@H](CCCN=C(N)N)NC(=O)[C@H](CCCN=C(N)N)NC(=O)[C@@H](NC(=O)[C@H](CCCCN)NC(=O)[C@H](CCCCN)NC(=O)[C@H](C)NC(=O)[C@@H](NC(=O)[C@H](CCC(=O)O)NC(=O)[C@H](CCC(=O)O)NC(=O)[C@H](Cc1ccccc1)NC(=O)[C@H](CCC(=O)O)NC(=O)[C@H](CCCCN)NC(=O)[C@@H](N)CCCCN)[C@@H](C)O)C(C)C)C(=O)O. The summed E-state index contributed by atoms with van der Waals surface area (Å²) >= 11 is 0. The highest BCUT2D eigenvalue weighted by Crippen LogP contribution is 2.16. The molecule has 728 valence electrons. The topological polar surface area (TPSA) is 836 Å². The number of nitrogens with two attached hydrogens (primary N) is 9. The number of aliphatic imine (C=N–C) groups is 2. The van der Waals surface area contributed by atoms with E-state index in [1.807, 2.05) is 0 Å². The molecule has 129 heavy (non-hydrogen) atoms. The minimum absolute atomic E-state index is 0.000861. The molecule has 0 saturated carbocycles. The quantitative estimate of drug-likeness (QED) is 0.0164. The number of nitrogens with one attached hydrogen (secondary N) is 14. The van der Waals surface area contributed by atoms with Crippen LogP contribution in [0, 0.1) is 11.8 Å². The first-order valence-corrected chi connectivity index (χ1v) is 43.4. The fourth-order valence-electron chi connectivity index (χ4n) is 12.8.